The maximum absolute atomic E-state index is 4.13. The Morgan fingerprint density at radius 1 is 1.70 bits per heavy atom. The minimum Gasteiger partial charge on any atom is -0.335 e. The van der Waals surface area contributed by atoms with E-state index in [1.54, 1.807) is 6.20 Å². The number of imidazole rings is 1. The van der Waals surface area contributed by atoms with Crippen LogP contribution in [0.3, 0.4) is 0 Å². The fraction of sp³-hybridized carbons (Fsp3) is 0.375. The van der Waals surface area contributed by atoms with E-state index in [0.717, 1.165) is 12.2 Å². The van der Waals surface area contributed by atoms with Crippen LogP contribution in [0.1, 0.15) is 19.2 Å². The van der Waals surface area contributed by atoms with Crippen LogP contribution >= 0.6 is 0 Å². The number of aromatic nitrogens is 2. The molecule has 0 bridgehead atoms. The van der Waals surface area contributed by atoms with Crippen LogP contribution in [0.2, 0.25) is 0 Å². The third kappa shape index (κ3) is 1.47. The van der Waals surface area contributed by atoms with Crippen molar-refractivity contribution in [2.45, 2.75) is 13.3 Å². The summed E-state index contributed by atoms with van der Waals surface area (Å²) in [6, 6.07) is 0. The summed E-state index contributed by atoms with van der Waals surface area (Å²) in [6.45, 7) is 2.11. The van der Waals surface area contributed by atoms with Crippen molar-refractivity contribution >= 4 is 6.08 Å². The van der Waals surface area contributed by atoms with Gasteiger partial charge in [-0.25, -0.2) is 4.98 Å². The molecule has 0 unspecified atom stereocenters. The highest BCUT2D eigenvalue weighted by Crippen LogP contribution is 1.97. The van der Waals surface area contributed by atoms with E-state index in [-0.39, 0.29) is 0 Å². The van der Waals surface area contributed by atoms with E-state index in [0.29, 0.717) is 0 Å². The topological polar surface area (TPSA) is 17.8 Å². The first kappa shape index (κ1) is 7.06. The van der Waals surface area contributed by atoms with Crippen molar-refractivity contribution in [3.05, 3.63) is 24.3 Å². The molecule has 0 fully saturated rings. The summed E-state index contributed by atoms with van der Waals surface area (Å²) in [4.78, 5) is 4.13. The maximum atomic E-state index is 4.13. The predicted octanol–water partition coefficient (Wildman–Crippen LogP) is 1.84. The van der Waals surface area contributed by atoms with Gasteiger partial charge in [0.15, 0.2) is 0 Å². The van der Waals surface area contributed by atoms with Crippen molar-refractivity contribution in [3.63, 3.8) is 0 Å². The van der Waals surface area contributed by atoms with E-state index >= 15 is 0 Å². The zero-order valence-electron chi connectivity index (χ0n) is 6.41. The summed E-state index contributed by atoms with van der Waals surface area (Å²) in [6.07, 6.45) is 8.93. The Kier molecular flexibility index (Phi) is 2.26. The number of hydrogen-bond acceptors (Lipinski definition) is 1. The molecule has 0 saturated heterocycles. The van der Waals surface area contributed by atoms with Gasteiger partial charge in [0.25, 0.3) is 0 Å². The number of nitrogens with zero attached hydrogens (tertiary/aromatic N) is 2. The number of hydrogen-bond donors (Lipinski definition) is 0. The molecule has 54 valence electrons. The minimum absolute atomic E-state index is 1.02. The second-order valence-electron chi connectivity index (χ2n) is 2.21. The van der Waals surface area contributed by atoms with Crippen LogP contribution in [-0.4, -0.2) is 9.55 Å². The van der Waals surface area contributed by atoms with E-state index < -0.39 is 0 Å². The molecule has 1 aromatic rings. The lowest BCUT2D eigenvalue weighted by molar-refractivity contribution is 0.896. The second-order valence-corrected chi connectivity index (χ2v) is 2.21. The molecule has 10 heavy (non-hydrogen) atoms. The minimum atomic E-state index is 1.02. The summed E-state index contributed by atoms with van der Waals surface area (Å²) in [5, 5.41) is 0. The highest BCUT2D eigenvalue weighted by atomic mass is 15.0. The van der Waals surface area contributed by atoms with Gasteiger partial charge in [0.1, 0.15) is 5.82 Å². The number of aryl methyl sites for hydroxylation is 1. The van der Waals surface area contributed by atoms with Crippen molar-refractivity contribution in [1.29, 1.82) is 0 Å². The summed E-state index contributed by atoms with van der Waals surface area (Å²) < 4.78 is 1.99. The molecule has 0 N–H and O–H groups in total. The molecule has 2 heteroatoms. The summed E-state index contributed by atoms with van der Waals surface area (Å²) in [5.41, 5.74) is 0. The van der Waals surface area contributed by atoms with Gasteiger partial charge in [0.2, 0.25) is 0 Å². The molecule has 0 aromatic carbocycles. The average molecular weight is 136 g/mol. The van der Waals surface area contributed by atoms with Gasteiger partial charge in [-0.2, -0.15) is 0 Å². The van der Waals surface area contributed by atoms with E-state index in [9.17, 15) is 0 Å². The second kappa shape index (κ2) is 3.20. The van der Waals surface area contributed by atoms with Crippen LogP contribution in [0, 0.1) is 0 Å². The lowest BCUT2D eigenvalue weighted by Gasteiger charge is -1.91. The van der Waals surface area contributed by atoms with Crippen LogP contribution in [0.4, 0.5) is 0 Å². The Morgan fingerprint density at radius 3 is 3.00 bits per heavy atom. The molecule has 0 amide bonds. The molecule has 1 heterocycles. The van der Waals surface area contributed by atoms with Gasteiger partial charge < -0.3 is 4.57 Å². The first-order valence-electron chi connectivity index (χ1n) is 3.48. The van der Waals surface area contributed by atoms with Gasteiger partial charge in [-0.15, -0.1) is 0 Å². The molecule has 0 aliphatic rings. The van der Waals surface area contributed by atoms with Gasteiger partial charge in [0, 0.05) is 19.4 Å². The Balaban J connectivity index is 2.74. The van der Waals surface area contributed by atoms with Crippen LogP contribution < -0.4 is 0 Å². The van der Waals surface area contributed by atoms with Crippen molar-refractivity contribution < 1.29 is 0 Å². The zero-order valence-corrected chi connectivity index (χ0v) is 6.41. The first-order valence-corrected chi connectivity index (χ1v) is 3.48. The van der Waals surface area contributed by atoms with Crippen LogP contribution in [0.25, 0.3) is 6.08 Å². The van der Waals surface area contributed by atoms with Gasteiger partial charge >= 0.3 is 0 Å². The molecule has 0 aliphatic heterocycles. The van der Waals surface area contributed by atoms with Gasteiger partial charge in [0.05, 0.1) is 0 Å². The van der Waals surface area contributed by atoms with E-state index in [2.05, 4.69) is 18.0 Å². The molecule has 0 saturated carbocycles. The maximum Gasteiger partial charge on any atom is 0.131 e. The van der Waals surface area contributed by atoms with Crippen molar-refractivity contribution in [2.75, 3.05) is 0 Å². The van der Waals surface area contributed by atoms with Gasteiger partial charge in [-0.3, -0.25) is 0 Å². The smallest absolute Gasteiger partial charge is 0.131 e. The third-order valence-corrected chi connectivity index (χ3v) is 1.36. The Bertz CT molecular complexity index is 223. The lowest BCUT2D eigenvalue weighted by Crippen LogP contribution is -1.88. The van der Waals surface area contributed by atoms with Crippen LogP contribution in [0.15, 0.2) is 18.5 Å². The fourth-order valence-corrected chi connectivity index (χ4v) is 0.761. The highest BCUT2D eigenvalue weighted by Gasteiger charge is 1.89. The normalized spacial score (nSPS) is 11.0. The van der Waals surface area contributed by atoms with E-state index in [1.807, 2.05) is 23.9 Å². The molecule has 0 aliphatic carbocycles. The molecule has 1 aromatic heterocycles. The van der Waals surface area contributed by atoms with Gasteiger partial charge in [-0.05, 0) is 12.5 Å². The standard InChI is InChI=1S/C8H12N2/c1-3-4-5-8-9-6-7-10(8)2/h4-7H,3H2,1-2H3. The SMILES string of the molecule is CCC=Cc1nccn1C. The molecule has 0 spiro atoms. The number of rotatable bonds is 2. The van der Waals surface area contributed by atoms with Crippen LogP contribution in [0.5, 0.6) is 0 Å². The fourth-order valence-electron chi connectivity index (χ4n) is 0.761. The average Bonchev–Trinajstić information content (AvgIpc) is 2.31. The summed E-state index contributed by atoms with van der Waals surface area (Å²) in [7, 11) is 1.99. The molecule has 2 nitrogen and oxygen atoms in total. The monoisotopic (exact) mass is 136 g/mol. The van der Waals surface area contributed by atoms with Crippen molar-refractivity contribution in [1.82, 2.24) is 9.55 Å². The molecular formula is C8H12N2. The zero-order chi connectivity index (χ0) is 7.40. The van der Waals surface area contributed by atoms with Crippen molar-refractivity contribution in [2.24, 2.45) is 7.05 Å². The lowest BCUT2D eigenvalue weighted by atomic mass is 10.4. The predicted molar refractivity (Wildman–Crippen MR) is 42.5 cm³/mol. The molecule has 1 rings (SSSR count). The quantitative estimate of drug-likeness (QED) is 0.606. The molecule has 0 atom stereocenters. The number of allylic oxidation sites excluding steroid dienone is 1. The Hall–Kier alpha value is -1.05. The van der Waals surface area contributed by atoms with E-state index in [1.165, 1.54) is 0 Å². The largest absolute Gasteiger partial charge is 0.335 e. The summed E-state index contributed by atoms with van der Waals surface area (Å²) in [5.74, 6) is 1.02. The van der Waals surface area contributed by atoms with Gasteiger partial charge in [-0.1, -0.05) is 13.0 Å². The third-order valence-electron chi connectivity index (χ3n) is 1.36. The van der Waals surface area contributed by atoms with Crippen molar-refractivity contribution in [3.8, 4) is 0 Å². The van der Waals surface area contributed by atoms with E-state index in [4.69, 9.17) is 0 Å². The Labute approximate surface area is 61.2 Å². The highest BCUT2D eigenvalue weighted by molar-refractivity contribution is 5.39. The van der Waals surface area contributed by atoms with Crippen LogP contribution in [-0.2, 0) is 7.05 Å². The summed E-state index contributed by atoms with van der Waals surface area (Å²) >= 11 is 0. The molecule has 0 radical (unpaired) electrons. The first-order chi connectivity index (χ1) is 4.84. The Morgan fingerprint density at radius 2 is 2.50 bits per heavy atom. The molecular weight excluding hydrogens is 124 g/mol.